The van der Waals surface area contributed by atoms with E-state index in [2.05, 4.69) is 22.9 Å². The van der Waals surface area contributed by atoms with Crippen LogP contribution in [0.5, 0.6) is 0 Å². The summed E-state index contributed by atoms with van der Waals surface area (Å²) in [7, 11) is 0. The third kappa shape index (κ3) is 6.59. The molecule has 3 N–H and O–H groups in total. The smallest absolute Gasteiger partial charge is 0.251 e. The summed E-state index contributed by atoms with van der Waals surface area (Å²) in [5.41, 5.74) is 0.647. The molecule has 1 saturated heterocycles. The molecule has 1 heterocycles. The van der Waals surface area contributed by atoms with Gasteiger partial charge in [0.25, 0.3) is 5.91 Å². The molecule has 0 bridgehead atoms. The first-order valence-electron chi connectivity index (χ1n) is 8.03. The molecular formula is C17H26ClN3O2. The molecule has 1 aliphatic heterocycles. The van der Waals surface area contributed by atoms with Crippen LogP contribution >= 0.6 is 12.4 Å². The van der Waals surface area contributed by atoms with E-state index in [1.807, 2.05) is 18.2 Å². The van der Waals surface area contributed by atoms with Gasteiger partial charge in [0.05, 0.1) is 0 Å². The van der Waals surface area contributed by atoms with Crippen molar-refractivity contribution in [3.63, 3.8) is 0 Å². The summed E-state index contributed by atoms with van der Waals surface area (Å²) in [6.45, 7) is 3.64. The molecule has 128 valence electrons. The van der Waals surface area contributed by atoms with Gasteiger partial charge in [0.15, 0.2) is 0 Å². The molecular weight excluding hydrogens is 314 g/mol. The van der Waals surface area contributed by atoms with Crippen LogP contribution in [0, 0.1) is 0 Å². The first-order chi connectivity index (χ1) is 10.7. The normalized spacial score (nSPS) is 20.2. The predicted octanol–water partition coefficient (Wildman–Crippen LogP) is 1.88. The molecule has 0 aliphatic carbocycles. The first kappa shape index (κ1) is 19.5. The van der Waals surface area contributed by atoms with Crippen molar-refractivity contribution in [2.45, 2.75) is 44.7 Å². The van der Waals surface area contributed by atoms with Crippen LogP contribution in [0.15, 0.2) is 30.3 Å². The SMILES string of the molecule is CC1NCCCC1NC(=O)CCCNC(=O)c1ccccc1.Cl. The second-order valence-corrected chi connectivity index (χ2v) is 5.78. The maximum Gasteiger partial charge on any atom is 0.251 e. The number of piperidine rings is 1. The van der Waals surface area contributed by atoms with Gasteiger partial charge in [0.2, 0.25) is 5.91 Å². The van der Waals surface area contributed by atoms with E-state index in [1.165, 1.54) is 0 Å². The number of carbonyl (C=O) groups excluding carboxylic acids is 2. The highest BCUT2D eigenvalue weighted by Crippen LogP contribution is 2.08. The molecule has 2 atom stereocenters. The van der Waals surface area contributed by atoms with E-state index in [-0.39, 0.29) is 30.3 Å². The Morgan fingerprint density at radius 1 is 1.26 bits per heavy atom. The summed E-state index contributed by atoms with van der Waals surface area (Å²) in [6.07, 6.45) is 3.23. The van der Waals surface area contributed by atoms with Gasteiger partial charge in [-0.15, -0.1) is 12.4 Å². The van der Waals surface area contributed by atoms with Gasteiger partial charge in [-0.05, 0) is 44.9 Å². The zero-order valence-corrected chi connectivity index (χ0v) is 14.3. The lowest BCUT2D eigenvalue weighted by molar-refractivity contribution is -0.122. The Morgan fingerprint density at radius 3 is 2.70 bits per heavy atom. The monoisotopic (exact) mass is 339 g/mol. The topological polar surface area (TPSA) is 70.2 Å². The van der Waals surface area contributed by atoms with Crippen LogP contribution in [0.25, 0.3) is 0 Å². The third-order valence-electron chi connectivity index (χ3n) is 4.01. The lowest BCUT2D eigenvalue weighted by Gasteiger charge is -2.30. The van der Waals surface area contributed by atoms with Crippen molar-refractivity contribution in [1.29, 1.82) is 0 Å². The van der Waals surface area contributed by atoms with Crippen LogP contribution in [0.2, 0.25) is 0 Å². The number of benzene rings is 1. The maximum atomic E-state index is 11.9. The highest BCUT2D eigenvalue weighted by atomic mass is 35.5. The fraction of sp³-hybridized carbons (Fsp3) is 0.529. The van der Waals surface area contributed by atoms with Crippen LogP contribution in [-0.4, -0.2) is 37.0 Å². The van der Waals surface area contributed by atoms with Crippen molar-refractivity contribution < 1.29 is 9.59 Å². The van der Waals surface area contributed by atoms with Crippen LogP contribution < -0.4 is 16.0 Å². The van der Waals surface area contributed by atoms with Crippen molar-refractivity contribution in [3.8, 4) is 0 Å². The van der Waals surface area contributed by atoms with Crippen LogP contribution in [0.3, 0.4) is 0 Å². The van der Waals surface area contributed by atoms with E-state index >= 15 is 0 Å². The minimum atomic E-state index is -0.0916. The van der Waals surface area contributed by atoms with E-state index in [4.69, 9.17) is 0 Å². The average Bonchev–Trinajstić information content (AvgIpc) is 2.54. The molecule has 2 amide bonds. The largest absolute Gasteiger partial charge is 0.352 e. The van der Waals surface area contributed by atoms with Gasteiger partial charge in [-0.2, -0.15) is 0 Å². The van der Waals surface area contributed by atoms with Crippen LogP contribution in [0.1, 0.15) is 43.0 Å². The van der Waals surface area contributed by atoms with E-state index in [0.29, 0.717) is 31.0 Å². The molecule has 0 saturated carbocycles. The maximum absolute atomic E-state index is 11.9. The van der Waals surface area contributed by atoms with Gasteiger partial charge >= 0.3 is 0 Å². The molecule has 1 aromatic rings. The molecule has 1 fully saturated rings. The van der Waals surface area contributed by atoms with Crippen molar-refractivity contribution >= 4 is 24.2 Å². The summed E-state index contributed by atoms with van der Waals surface area (Å²) < 4.78 is 0. The number of hydrogen-bond acceptors (Lipinski definition) is 3. The zero-order valence-electron chi connectivity index (χ0n) is 13.5. The lowest BCUT2D eigenvalue weighted by atomic mass is 10.00. The van der Waals surface area contributed by atoms with E-state index in [9.17, 15) is 9.59 Å². The Morgan fingerprint density at radius 2 is 2.00 bits per heavy atom. The number of nitrogens with one attached hydrogen (secondary N) is 3. The molecule has 5 nitrogen and oxygen atoms in total. The van der Waals surface area contributed by atoms with Crippen LogP contribution in [-0.2, 0) is 4.79 Å². The number of hydrogen-bond donors (Lipinski definition) is 3. The summed E-state index contributed by atoms with van der Waals surface area (Å²) in [4.78, 5) is 23.7. The Bertz CT molecular complexity index is 496. The number of rotatable bonds is 6. The Hall–Kier alpha value is -1.59. The van der Waals surface area contributed by atoms with Gasteiger partial charge in [-0.25, -0.2) is 0 Å². The van der Waals surface area contributed by atoms with Gasteiger partial charge in [0.1, 0.15) is 0 Å². The van der Waals surface area contributed by atoms with E-state index in [0.717, 1.165) is 19.4 Å². The molecule has 2 unspecified atom stereocenters. The molecule has 1 aromatic carbocycles. The molecule has 0 spiro atoms. The van der Waals surface area contributed by atoms with Gasteiger partial charge in [-0.3, -0.25) is 9.59 Å². The van der Waals surface area contributed by atoms with Crippen molar-refractivity contribution in [2.75, 3.05) is 13.1 Å². The Balaban J connectivity index is 0.00000264. The summed E-state index contributed by atoms with van der Waals surface area (Å²) in [5.74, 6) is -0.0272. The van der Waals surface area contributed by atoms with Gasteiger partial charge in [0, 0.05) is 30.6 Å². The minimum Gasteiger partial charge on any atom is -0.352 e. The number of amides is 2. The summed E-state index contributed by atoms with van der Waals surface area (Å²) in [5, 5.41) is 9.28. The quantitative estimate of drug-likeness (QED) is 0.693. The van der Waals surface area contributed by atoms with Crippen molar-refractivity contribution in [1.82, 2.24) is 16.0 Å². The number of halogens is 1. The van der Waals surface area contributed by atoms with Gasteiger partial charge in [-0.1, -0.05) is 18.2 Å². The molecule has 0 aromatic heterocycles. The van der Waals surface area contributed by atoms with Gasteiger partial charge < -0.3 is 16.0 Å². The second kappa shape index (κ2) is 10.2. The summed E-state index contributed by atoms with van der Waals surface area (Å²) in [6, 6.07) is 9.65. The second-order valence-electron chi connectivity index (χ2n) is 5.78. The summed E-state index contributed by atoms with van der Waals surface area (Å²) >= 11 is 0. The average molecular weight is 340 g/mol. The predicted molar refractivity (Wildman–Crippen MR) is 93.9 cm³/mol. The first-order valence-corrected chi connectivity index (χ1v) is 8.03. The standard InChI is InChI=1S/C17H25N3O2.ClH/c1-13-15(9-5-11-18-13)20-16(21)10-6-12-19-17(22)14-7-3-2-4-8-14;/h2-4,7-8,13,15,18H,5-6,9-12H2,1H3,(H,19,22)(H,20,21);1H. The van der Waals surface area contributed by atoms with Crippen molar-refractivity contribution in [2.24, 2.45) is 0 Å². The minimum absolute atomic E-state index is 0. The lowest BCUT2D eigenvalue weighted by Crippen LogP contribution is -2.51. The highest BCUT2D eigenvalue weighted by Gasteiger charge is 2.21. The molecule has 0 radical (unpaired) electrons. The third-order valence-corrected chi connectivity index (χ3v) is 4.01. The highest BCUT2D eigenvalue weighted by molar-refractivity contribution is 5.94. The molecule has 23 heavy (non-hydrogen) atoms. The van der Waals surface area contributed by atoms with E-state index in [1.54, 1.807) is 12.1 Å². The Kier molecular flexibility index (Phi) is 8.66. The fourth-order valence-electron chi connectivity index (χ4n) is 2.66. The molecule has 6 heteroatoms. The Labute approximate surface area is 144 Å². The fourth-order valence-corrected chi connectivity index (χ4v) is 2.66. The van der Waals surface area contributed by atoms with Crippen molar-refractivity contribution in [3.05, 3.63) is 35.9 Å². The molecule has 2 rings (SSSR count). The number of carbonyl (C=O) groups is 2. The van der Waals surface area contributed by atoms with Crippen LogP contribution in [0.4, 0.5) is 0 Å². The molecule has 1 aliphatic rings. The zero-order chi connectivity index (χ0) is 15.8. The van der Waals surface area contributed by atoms with E-state index < -0.39 is 0 Å².